The van der Waals surface area contributed by atoms with E-state index >= 15 is 0 Å². The Kier molecular flexibility index (Phi) is 4.99. The van der Waals surface area contributed by atoms with Crippen LogP contribution >= 0.6 is 11.3 Å². The van der Waals surface area contributed by atoms with Crippen molar-refractivity contribution in [3.8, 4) is 0 Å². The van der Waals surface area contributed by atoms with Gasteiger partial charge in [0.25, 0.3) is 5.56 Å². The number of aromatic amines is 1. The highest BCUT2D eigenvalue weighted by Crippen LogP contribution is 2.25. The summed E-state index contributed by atoms with van der Waals surface area (Å²) in [6.45, 7) is 7.84. The normalized spacial score (nSPS) is 11.4. The highest BCUT2D eigenvalue weighted by atomic mass is 32.1. The van der Waals surface area contributed by atoms with Crippen molar-refractivity contribution in [2.45, 2.75) is 34.1 Å². The molecular weight excluding hydrogens is 348 g/mol. The van der Waals surface area contributed by atoms with Gasteiger partial charge in [-0.2, -0.15) is 5.10 Å². The number of hydrazone groups is 1. The van der Waals surface area contributed by atoms with Gasteiger partial charge >= 0.3 is 0 Å². The van der Waals surface area contributed by atoms with Gasteiger partial charge < -0.3 is 4.98 Å². The fraction of sp³-hybridized carbons (Fsp3) is 0.263. The molecule has 0 aliphatic carbocycles. The van der Waals surface area contributed by atoms with Gasteiger partial charge in [0.05, 0.1) is 18.0 Å². The molecule has 0 saturated carbocycles. The molecule has 3 aromatic rings. The predicted octanol–water partition coefficient (Wildman–Crippen LogP) is 2.91. The van der Waals surface area contributed by atoms with Gasteiger partial charge in [0.2, 0.25) is 5.91 Å². The van der Waals surface area contributed by atoms with Crippen molar-refractivity contribution < 1.29 is 4.79 Å². The molecule has 2 aromatic heterocycles. The minimum Gasteiger partial charge on any atom is -0.309 e. The Morgan fingerprint density at radius 3 is 2.85 bits per heavy atom. The van der Waals surface area contributed by atoms with E-state index in [-0.39, 0.29) is 17.9 Å². The van der Waals surface area contributed by atoms with E-state index in [1.54, 1.807) is 6.21 Å². The van der Waals surface area contributed by atoms with E-state index < -0.39 is 0 Å². The van der Waals surface area contributed by atoms with Crippen molar-refractivity contribution in [1.82, 2.24) is 15.4 Å². The number of benzene rings is 1. The molecule has 0 radical (unpaired) electrons. The van der Waals surface area contributed by atoms with E-state index in [1.165, 1.54) is 11.3 Å². The molecule has 1 aromatic carbocycles. The fourth-order valence-electron chi connectivity index (χ4n) is 2.65. The number of nitrogens with zero attached hydrogens (tertiary/aromatic N) is 2. The number of carbonyl (C=O) groups excluding carboxylic acids is 1. The second-order valence-corrected chi connectivity index (χ2v) is 7.51. The topological polar surface area (TPSA) is 87.2 Å². The standard InChI is InChI=1S/C19H20N4O2S/c1-10-5-6-11(2)14(7-10)9-20-23-16(24)8-15-21-18(25)17-12(3)13(4)26-19(17)22-15/h5-7,9H,8H2,1-4H3,(H,23,24)(H,21,22,25)/b20-9-. The SMILES string of the molecule is Cc1ccc(C)c(/C=N\NC(=O)Cc2nc3sc(C)c(C)c3c(=O)[nH]2)c1. The summed E-state index contributed by atoms with van der Waals surface area (Å²) in [6, 6.07) is 6.03. The summed E-state index contributed by atoms with van der Waals surface area (Å²) in [7, 11) is 0. The molecule has 0 bridgehead atoms. The van der Waals surface area contributed by atoms with Gasteiger partial charge in [-0.15, -0.1) is 11.3 Å². The molecule has 26 heavy (non-hydrogen) atoms. The summed E-state index contributed by atoms with van der Waals surface area (Å²) in [6.07, 6.45) is 1.58. The molecule has 0 spiro atoms. The molecule has 0 aliphatic heterocycles. The van der Waals surface area contributed by atoms with E-state index in [1.807, 2.05) is 45.9 Å². The molecule has 2 heterocycles. The molecule has 0 saturated heterocycles. The van der Waals surface area contributed by atoms with Gasteiger partial charge in [-0.05, 0) is 44.4 Å². The number of nitrogens with one attached hydrogen (secondary N) is 2. The quantitative estimate of drug-likeness (QED) is 0.548. The van der Waals surface area contributed by atoms with Gasteiger partial charge in [-0.3, -0.25) is 9.59 Å². The Bertz CT molecular complexity index is 1080. The van der Waals surface area contributed by atoms with Crippen LogP contribution in [0.5, 0.6) is 0 Å². The predicted molar refractivity (Wildman–Crippen MR) is 105 cm³/mol. The Hall–Kier alpha value is -2.80. The highest BCUT2D eigenvalue weighted by Gasteiger charge is 2.13. The molecule has 0 unspecified atom stereocenters. The lowest BCUT2D eigenvalue weighted by Crippen LogP contribution is -2.23. The van der Waals surface area contributed by atoms with Crippen molar-refractivity contribution in [1.29, 1.82) is 0 Å². The lowest BCUT2D eigenvalue weighted by molar-refractivity contribution is -0.120. The first-order chi connectivity index (χ1) is 12.3. The largest absolute Gasteiger partial charge is 0.309 e. The number of hydrogen-bond acceptors (Lipinski definition) is 5. The van der Waals surface area contributed by atoms with E-state index in [9.17, 15) is 9.59 Å². The molecular formula is C19H20N4O2S. The first-order valence-electron chi connectivity index (χ1n) is 8.23. The van der Waals surface area contributed by atoms with Crippen LogP contribution in [0.1, 0.15) is 33.0 Å². The Morgan fingerprint density at radius 2 is 2.08 bits per heavy atom. The Balaban J connectivity index is 1.72. The van der Waals surface area contributed by atoms with Crippen LogP contribution in [0.25, 0.3) is 10.2 Å². The third-order valence-corrected chi connectivity index (χ3v) is 5.34. The van der Waals surface area contributed by atoms with Crippen molar-refractivity contribution in [3.63, 3.8) is 0 Å². The minimum absolute atomic E-state index is 0.0364. The van der Waals surface area contributed by atoms with Crippen LogP contribution in [0.2, 0.25) is 0 Å². The van der Waals surface area contributed by atoms with Crippen LogP contribution in [0.15, 0.2) is 28.1 Å². The second-order valence-electron chi connectivity index (χ2n) is 6.31. The summed E-state index contributed by atoms with van der Waals surface area (Å²) in [5.41, 5.74) is 6.36. The lowest BCUT2D eigenvalue weighted by atomic mass is 10.1. The van der Waals surface area contributed by atoms with Crippen molar-refractivity contribution in [3.05, 3.63) is 61.5 Å². The van der Waals surface area contributed by atoms with E-state index in [0.29, 0.717) is 16.0 Å². The summed E-state index contributed by atoms with van der Waals surface area (Å²) in [5, 5.41) is 4.60. The minimum atomic E-state index is -0.334. The smallest absolute Gasteiger partial charge is 0.259 e. The number of aryl methyl sites for hydroxylation is 4. The van der Waals surface area contributed by atoms with Gasteiger partial charge in [0.15, 0.2) is 0 Å². The van der Waals surface area contributed by atoms with Crippen molar-refractivity contribution in [2.75, 3.05) is 0 Å². The van der Waals surface area contributed by atoms with Gasteiger partial charge in [0.1, 0.15) is 10.7 Å². The van der Waals surface area contributed by atoms with Crippen LogP contribution in [0.4, 0.5) is 0 Å². The molecule has 0 fully saturated rings. The Morgan fingerprint density at radius 1 is 1.31 bits per heavy atom. The molecule has 1 amide bonds. The number of carbonyl (C=O) groups is 1. The maximum atomic E-state index is 12.2. The summed E-state index contributed by atoms with van der Waals surface area (Å²) < 4.78 is 0. The molecule has 2 N–H and O–H groups in total. The highest BCUT2D eigenvalue weighted by molar-refractivity contribution is 7.18. The van der Waals surface area contributed by atoms with Gasteiger partial charge in [-0.1, -0.05) is 23.8 Å². The summed E-state index contributed by atoms with van der Waals surface area (Å²) in [4.78, 5) is 33.1. The first-order valence-corrected chi connectivity index (χ1v) is 9.05. The molecule has 134 valence electrons. The zero-order valence-electron chi connectivity index (χ0n) is 15.1. The summed E-state index contributed by atoms with van der Waals surface area (Å²) in [5.74, 6) is 0.00208. The van der Waals surface area contributed by atoms with Crippen LogP contribution in [0.3, 0.4) is 0 Å². The molecule has 7 heteroatoms. The molecule has 0 aliphatic rings. The van der Waals surface area contributed by atoms with Gasteiger partial charge in [-0.25, -0.2) is 10.4 Å². The zero-order valence-corrected chi connectivity index (χ0v) is 16.0. The van der Waals surface area contributed by atoms with Crippen molar-refractivity contribution in [2.24, 2.45) is 5.10 Å². The molecule has 0 atom stereocenters. The number of rotatable bonds is 4. The van der Waals surface area contributed by atoms with E-state index in [0.717, 1.165) is 27.1 Å². The number of amides is 1. The van der Waals surface area contributed by atoms with Gasteiger partial charge in [0, 0.05) is 4.88 Å². The number of thiophene rings is 1. The third kappa shape index (κ3) is 3.72. The number of H-pyrrole nitrogens is 1. The zero-order chi connectivity index (χ0) is 18.8. The Labute approximate surface area is 155 Å². The fourth-order valence-corrected chi connectivity index (χ4v) is 3.70. The molecule has 3 rings (SSSR count). The third-order valence-electron chi connectivity index (χ3n) is 4.24. The van der Waals surface area contributed by atoms with Crippen LogP contribution < -0.4 is 11.0 Å². The number of aromatic nitrogens is 2. The average Bonchev–Trinajstić information content (AvgIpc) is 2.85. The number of fused-ring (bicyclic) bond motifs is 1. The maximum absolute atomic E-state index is 12.2. The molecule has 6 nitrogen and oxygen atoms in total. The average molecular weight is 368 g/mol. The second kappa shape index (κ2) is 7.21. The maximum Gasteiger partial charge on any atom is 0.259 e. The first kappa shape index (κ1) is 18.0. The lowest BCUT2D eigenvalue weighted by Gasteiger charge is -2.02. The van der Waals surface area contributed by atoms with Crippen LogP contribution in [0, 0.1) is 27.7 Å². The monoisotopic (exact) mass is 368 g/mol. The van der Waals surface area contributed by atoms with E-state index in [4.69, 9.17) is 0 Å². The van der Waals surface area contributed by atoms with Crippen LogP contribution in [-0.4, -0.2) is 22.1 Å². The van der Waals surface area contributed by atoms with E-state index in [2.05, 4.69) is 20.5 Å². The van der Waals surface area contributed by atoms with Crippen molar-refractivity contribution >= 4 is 33.7 Å². The van der Waals surface area contributed by atoms with Crippen LogP contribution in [-0.2, 0) is 11.2 Å². The summed E-state index contributed by atoms with van der Waals surface area (Å²) >= 11 is 1.46. The number of hydrogen-bond donors (Lipinski definition) is 2.